The van der Waals surface area contributed by atoms with Crippen LogP contribution < -0.4 is 0 Å². The molecule has 1 atom stereocenters. The summed E-state index contributed by atoms with van der Waals surface area (Å²) in [5.74, 6) is -0.131. The summed E-state index contributed by atoms with van der Waals surface area (Å²) in [5.41, 5.74) is 1.24. The van der Waals surface area contributed by atoms with Crippen LogP contribution in [-0.2, 0) is 9.53 Å². The Labute approximate surface area is 101 Å². The van der Waals surface area contributed by atoms with Crippen molar-refractivity contribution in [3.63, 3.8) is 0 Å². The van der Waals surface area contributed by atoms with Gasteiger partial charge in [0.15, 0.2) is 0 Å². The number of carbonyl (C=O) groups is 1. The lowest BCUT2D eigenvalue weighted by Gasteiger charge is -2.23. The molecular weight excluding hydrogens is 222 g/mol. The van der Waals surface area contributed by atoms with Crippen LogP contribution in [0.4, 0.5) is 0 Å². The van der Waals surface area contributed by atoms with Crippen molar-refractivity contribution >= 4 is 17.3 Å². The van der Waals surface area contributed by atoms with Crippen LogP contribution in [0.2, 0.25) is 0 Å². The Hall–Kier alpha value is -0.870. The summed E-state index contributed by atoms with van der Waals surface area (Å²) in [7, 11) is 3.98. The Morgan fingerprint density at radius 3 is 2.69 bits per heavy atom. The van der Waals surface area contributed by atoms with E-state index >= 15 is 0 Å². The highest BCUT2D eigenvalue weighted by Crippen LogP contribution is 2.29. The highest BCUT2D eigenvalue weighted by atomic mass is 32.1. The largest absolute Gasteiger partial charge is 0.466 e. The third-order valence-electron chi connectivity index (χ3n) is 2.49. The van der Waals surface area contributed by atoms with Crippen molar-refractivity contribution in [3.05, 3.63) is 21.9 Å². The van der Waals surface area contributed by atoms with Gasteiger partial charge in [-0.25, -0.2) is 0 Å². The van der Waals surface area contributed by atoms with Gasteiger partial charge in [-0.05, 0) is 45.0 Å². The van der Waals surface area contributed by atoms with E-state index in [1.165, 1.54) is 10.4 Å². The summed E-state index contributed by atoms with van der Waals surface area (Å²) in [6.45, 7) is 4.36. The first-order valence-corrected chi connectivity index (χ1v) is 6.30. The zero-order valence-electron chi connectivity index (χ0n) is 10.3. The molecule has 1 rings (SSSR count). The number of carbonyl (C=O) groups excluding carboxylic acids is 1. The molecule has 0 aromatic carbocycles. The molecule has 0 aliphatic rings. The maximum atomic E-state index is 11.5. The SMILES string of the molecule is CCOC(=O)CC(c1sccc1C)N(C)C. The molecule has 0 N–H and O–H groups in total. The van der Waals surface area contributed by atoms with Crippen molar-refractivity contribution in [3.8, 4) is 0 Å². The molecule has 1 heterocycles. The van der Waals surface area contributed by atoms with Crippen molar-refractivity contribution in [2.75, 3.05) is 20.7 Å². The summed E-state index contributed by atoms with van der Waals surface area (Å²) in [6.07, 6.45) is 0.419. The predicted octanol–water partition coefficient (Wildman–Crippen LogP) is 2.61. The third-order valence-corrected chi connectivity index (χ3v) is 3.61. The fourth-order valence-corrected chi connectivity index (χ4v) is 2.74. The highest BCUT2D eigenvalue weighted by molar-refractivity contribution is 7.10. The summed E-state index contributed by atoms with van der Waals surface area (Å²) >= 11 is 1.70. The van der Waals surface area contributed by atoms with E-state index in [4.69, 9.17) is 4.74 Å². The minimum absolute atomic E-state index is 0.124. The zero-order chi connectivity index (χ0) is 12.1. The first-order chi connectivity index (χ1) is 7.56. The Morgan fingerprint density at radius 1 is 1.56 bits per heavy atom. The van der Waals surface area contributed by atoms with Gasteiger partial charge in [0.05, 0.1) is 19.1 Å². The summed E-state index contributed by atoms with van der Waals surface area (Å²) in [4.78, 5) is 14.8. The lowest BCUT2D eigenvalue weighted by molar-refractivity contribution is -0.144. The topological polar surface area (TPSA) is 29.5 Å². The number of hydrogen-bond acceptors (Lipinski definition) is 4. The molecule has 3 nitrogen and oxygen atoms in total. The molecule has 0 spiro atoms. The number of thiophene rings is 1. The van der Waals surface area contributed by atoms with Crippen LogP contribution in [0.3, 0.4) is 0 Å². The summed E-state index contributed by atoms with van der Waals surface area (Å²) < 4.78 is 5.00. The summed E-state index contributed by atoms with van der Waals surface area (Å²) in [5, 5.41) is 2.06. The second-order valence-electron chi connectivity index (χ2n) is 3.96. The van der Waals surface area contributed by atoms with E-state index < -0.39 is 0 Å². The molecule has 0 radical (unpaired) electrons. The van der Waals surface area contributed by atoms with E-state index in [9.17, 15) is 4.79 Å². The van der Waals surface area contributed by atoms with Crippen LogP contribution in [0.25, 0.3) is 0 Å². The van der Waals surface area contributed by atoms with Gasteiger partial charge >= 0.3 is 5.97 Å². The summed E-state index contributed by atoms with van der Waals surface area (Å²) in [6, 6.07) is 2.21. The molecule has 16 heavy (non-hydrogen) atoms. The molecule has 0 aliphatic carbocycles. The van der Waals surface area contributed by atoms with Crippen LogP contribution in [0.15, 0.2) is 11.4 Å². The number of aryl methyl sites for hydroxylation is 1. The van der Waals surface area contributed by atoms with Gasteiger partial charge in [0.1, 0.15) is 0 Å². The van der Waals surface area contributed by atoms with Gasteiger partial charge in [-0.15, -0.1) is 11.3 Å². The molecule has 90 valence electrons. The predicted molar refractivity (Wildman–Crippen MR) is 66.7 cm³/mol. The Balaban J connectivity index is 2.77. The molecule has 0 amide bonds. The number of rotatable bonds is 5. The molecule has 1 aromatic heterocycles. The first kappa shape index (κ1) is 13.2. The smallest absolute Gasteiger partial charge is 0.307 e. The van der Waals surface area contributed by atoms with E-state index in [1.54, 1.807) is 11.3 Å². The standard InChI is InChI=1S/C12H19NO2S/c1-5-15-11(14)8-10(13(3)4)12-9(2)6-7-16-12/h6-7,10H,5,8H2,1-4H3. The maximum Gasteiger partial charge on any atom is 0.307 e. The van der Waals surface area contributed by atoms with E-state index in [-0.39, 0.29) is 12.0 Å². The lowest BCUT2D eigenvalue weighted by atomic mass is 10.1. The first-order valence-electron chi connectivity index (χ1n) is 5.42. The van der Waals surface area contributed by atoms with Crippen molar-refractivity contribution in [2.45, 2.75) is 26.3 Å². The Morgan fingerprint density at radius 2 is 2.25 bits per heavy atom. The van der Waals surface area contributed by atoms with E-state index in [0.717, 1.165) is 0 Å². The lowest BCUT2D eigenvalue weighted by Crippen LogP contribution is -2.23. The van der Waals surface area contributed by atoms with E-state index in [2.05, 4.69) is 23.3 Å². The maximum absolute atomic E-state index is 11.5. The second kappa shape index (κ2) is 6.01. The average molecular weight is 241 g/mol. The van der Waals surface area contributed by atoms with Crippen molar-refractivity contribution in [2.24, 2.45) is 0 Å². The fourth-order valence-electron chi connectivity index (χ4n) is 1.61. The molecule has 0 saturated carbocycles. The number of nitrogens with zero attached hydrogens (tertiary/aromatic N) is 1. The molecular formula is C12H19NO2S. The van der Waals surface area contributed by atoms with Crippen molar-refractivity contribution in [1.29, 1.82) is 0 Å². The minimum atomic E-state index is -0.131. The zero-order valence-corrected chi connectivity index (χ0v) is 11.1. The monoisotopic (exact) mass is 241 g/mol. The Bertz CT molecular complexity index is 347. The minimum Gasteiger partial charge on any atom is -0.466 e. The van der Waals surface area contributed by atoms with Crippen LogP contribution in [0.1, 0.15) is 29.8 Å². The molecule has 4 heteroatoms. The highest BCUT2D eigenvalue weighted by Gasteiger charge is 2.21. The third kappa shape index (κ3) is 3.32. The normalized spacial score (nSPS) is 12.8. The molecule has 1 aromatic rings. The molecule has 0 bridgehead atoms. The van der Waals surface area contributed by atoms with Crippen LogP contribution in [0.5, 0.6) is 0 Å². The fraction of sp³-hybridized carbons (Fsp3) is 0.583. The van der Waals surface area contributed by atoms with Gasteiger partial charge in [-0.2, -0.15) is 0 Å². The van der Waals surface area contributed by atoms with Gasteiger partial charge in [0, 0.05) is 4.88 Å². The van der Waals surface area contributed by atoms with Crippen LogP contribution in [-0.4, -0.2) is 31.6 Å². The second-order valence-corrected chi connectivity index (χ2v) is 4.90. The number of hydrogen-bond donors (Lipinski definition) is 0. The number of esters is 1. The van der Waals surface area contributed by atoms with E-state index in [0.29, 0.717) is 13.0 Å². The van der Waals surface area contributed by atoms with Crippen LogP contribution >= 0.6 is 11.3 Å². The van der Waals surface area contributed by atoms with Crippen molar-refractivity contribution in [1.82, 2.24) is 4.90 Å². The van der Waals surface area contributed by atoms with Gasteiger partial charge in [-0.1, -0.05) is 0 Å². The van der Waals surface area contributed by atoms with Gasteiger partial charge in [-0.3, -0.25) is 4.79 Å². The average Bonchev–Trinajstić information content (AvgIpc) is 2.61. The Kier molecular flexibility index (Phi) is 4.96. The van der Waals surface area contributed by atoms with Gasteiger partial charge in [0.2, 0.25) is 0 Å². The molecule has 1 unspecified atom stereocenters. The molecule has 0 aliphatic heterocycles. The quantitative estimate of drug-likeness (QED) is 0.742. The molecule has 0 fully saturated rings. The van der Waals surface area contributed by atoms with Gasteiger partial charge in [0.25, 0.3) is 0 Å². The van der Waals surface area contributed by atoms with Gasteiger partial charge < -0.3 is 9.64 Å². The van der Waals surface area contributed by atoms with E-state index in [1.807, 2.05) is 21.0 Å². The number of ether oxygens (including phenoxy) is 1. The molecule has 0 saturated heterocycles. The van der Waals surface area contributed by atoms with Crippen LogP contribution in [0, 0.1) is 6.92 Å². The van der Waals surface area contributed by atoms with Crippen molar-refractivity contribution < 1.29 is 9.53 Å².